The van der Waals surface area contributed by atoms with Gasteiger partial charge in [0.25, 0.3) is 5.91 Å². The molecule has 0 radical (unpaired) electrons. The predicted molar refractivity (Wildman–Crippen MR) is 109 cm³/mol. The molecule has 0 spiro atoms. The van der Waals surface area contributed by atoms with E-state index in [9.17, 15) is 22.8 Å². The van der Waals surface area contributed by atoms with Gasteiger partial charge in [-0.15, -0.1) is 10.2 Å². The molecule has 0 aliphatic heterocycles. The van der Waals surface area contributed by atoms with Crippen LogP contribution in [0.5, 0.6) is 5.88 Å². The quantitative estimate of drug-likeness (QED) is 0.597. The first-order valence-corrected chi connectivity index (χ1v) is 9.35. The molecule has 12 heteroatoms. The van der Waals surface area contributed by atoms with Crippen molar-refractivity contribution in [3.63, 3.8) is 0 Å². The van der Waals surface area contributed by atoms with Gasteiger partial charge in [-0.2, -0.15) is 18.3 Å². The number of rotatable bonds is 6. The number of hydrogen-bond donors (Lipinski definition) is 2. The van der Waals surface area contributed by atoms with Crippen molar-refractivity contribution >= 4 is 23.2 Å². The second-order valence-corrected chi connectivity index (χ2v) is 6.93. The van der Waals surface area contributed by atoms with Crippen molar-refractivity contribution in [2.24, 2.45) is 5.92 Å². The zero-order valence-corrected chi connectivity index (χ0v) is 17.3. The maximum absolute atomic E-state index is 13.8. The van der Waals surface area contributed by atoms with Crippen LogP contribution >= 0.6 is 0 Å². The highest BCUT2D eigenvalue weighted by Gasteiger charge is 2.41. The topological polar surface area (TPSA) is 111 Å². The number of benzene rings is 1. The molecule has 2 aromatic heterocycles. The third kappa shape index (κ3) is 5.02. The van der Waals surface area contributed by atoms with Gasteiger partial charge in [-0.1, -0.05) is 19.9 Å². The fraction of sp³-hybridized carbons (Fsp3) is 0.250. The van der Waals surface area contributed by atoms with Crippen LogP contribution in [-0.2, 0) is 11.0 Å². The molecular formula is C20H19F3N6O3. The molecule has 3 aromatic rings. The largest absolute Gasteiger partial charge is 0.480 e. The van der Waals surface area contributed by atoms with Crippen molar-refractivity contribution in [2.45, 2.75) is 20.0 Å². The maximum atomic E-state index is 13.8. The Morgan fingerprint density at radius 2 is 1.75 bits per heavy atom. The number of halogens is 3. The Kier molecular flexibility index (Phi) is 6.42. The van der Waals surface area contributed by atoms with Crippen molar-refractivity contribution < 1.29 is 27.5 Å². The molecule has 3 rings (SSSR count). The molecule has 168 valence electrons. The highest BCUT2D eigenvalue weighted by atomic mass is 19.4. The second-order valence-electron chi connectivity index (χ2n) is 6.93. The van der Waals surface area contributed by atoms with E-state index >= 15 is 0 Å². The summed E-state index contributed by atoms with van der Waals surface area (Å²) in [4.78, 5) is 24.5. The number of hydrogen-bond acceptors (Lipinski definition) is 6. The average Bonchev–Trinajstić information content (AvgIpc) is 3.20. The SMILES string of the molecule is COc1ccc(-n2ncc(C(=O)Nc3cccc(NC(=O)C(C)C)c3)c2C(F)(F)F)nn1. The molecule has 32 heavy (non-hydrogen) atoms. The summed E-state index contributed by atoms with van der Waals surface area (Å²) in [6.07, 6.45) is -4.10. The zero-order valence-electron chi connectivity index (χ0n) is 17.3. The van der Waals surface area contributed by atoms with Crippen molar-refractivity contribution in [2.75, 3.05) is 17.7 Å². The molecule has 0 unspecified atom stereocenters. The summed E-state index contributed by atoms with van der Waals surface area (Å²) in [5.74, 6) is -1.67. The van der Waals surface area contributed by atoms with Crippen molar-refractivity contribution in [1.29, 1.82) is 0 Å². The monoisotopic (exact) mass is 448 g/mol. The van der Waals surface area contributed by atoms with Gasteiger partial charge < -0.3 is 15.4 Å². The van der Waals surface area contributed by atoms with Crippen LogP contribution in [0.1, 0.15) is 29.9 Å². The second kappa shape index (κ2) is 9.04. The van der Waals surface area contributed by atoms with Crippen LogP contribution in [0.4, 0.5) is 24.5 Å². The number of amides is 2. The standard InChI is InChI=1S/C20H19F3N6O3/c1-11(2)18(30)25-12-5-4-6-13(9-12)26-19(31)14-10-24-29(17(14)20(21,22)23)15-7-8-16(32-3)28-27-15/h4-11H,1-3H3,(H,25,30)(H,26,31). The smallest absolute Gasteiger partial charge is 0.434 e. The Hall–Kier alpha value is -3.96. The van der Waals surface area contributed by atoms with Crippen molar-refractivity contribution in [3.05, 3.63) is 53.9 Å². The van der Waals surface area contributed by atoms with Gasteiger partial charge in [0.15, 0.2) is 11.5 Å². The first-order valence-electron chi connectivity index (χ1n) is 9.35. The van der Waals surface area contributed by atoms with Gasteiger partial charge in [0.05, 0.1) is 18.9 Å². The molecule has 2 amide bonds. The van der Waals surface area contributed by atoms with E-state index < -0.39 is 23.3 Å². The van der Waals surface area contributed by atoms with E-state index in [1.54, 1.807) is 26.0 Å². The summed E-state index contributed by atoms with van der Waals surface area (Å²) in [5.41, 5.74) is -1.42. The summed E-state index contributed by atoms with van der Waals surface area (Å²) in [7, 11) is 1.34. The maximum Gasteiger partial charge on any atom is 0.434 e. The van der Waals surface area contributed by atoms with E-state index in [1.165, 1.54) is 31.4 Å². The van der Waals surface area contributed by atoms with E-state index in [-0.39, 0.29) is 29.2 Å². The summed E-state index contributed by atoms with van der Waals surface area (Å²) < 4.78 is 46.7. The average molecular weight is 448 g/mol. The van der Waals surface area contributed by atoms with Crippen molar-refractivity contribution in [3.8, 4) is 11.7 Å². The van der Waals surface area contributed by atoms with Gasteiger partial charge in [-0.05, 0) is 24.3 Å². The Morgan fingerprint density at radius 3 is 2.31 bits per heavy atom. The third-order valence-corrected chi connectivity index (χ3v) is 4.25. The van der Waals surface area contributed by atoms with Crippen LogP contribution in [0.25, 0.3) is 5.82 Å². The highest BCUT2D eigenvalue weighted by Crippen LogP contribution is 2.33. The van der Waals surface area contributed by atoms with Gasteiger partial charge in [0, 0.05) is 23.4 Å². The minimum atomic E-state index is -4.90. The van der Waals surface area contributed by atoms with Gasteiger partial charge >= 0.3 is 6.18 Å². The molecule has 0 fully saturated rings. The highest BCUT2D eigenvalue weighted by molar-refractivity contribution is 6.05. The number of carbonyl (C=O) groups excluding carboxylic acids is 2. The molecule has 0 saturated carbocycles. The van der Waals surface area contributed by atoms with Gasteiger partial charge in [-0.3, -0.25) is 9.59 Å². The molecule has 2 N–H and O–H groups in total. The lowest BCUT2D eigenvalue weighted by molar-refractivity contribution is -0.143. The number of carbonyl (C=O) groups is 2. The Bertz CT molecular complexity index is 1130. The molecule has 2 heterocycles. The number of ether oxygens (including phenoxy) is 1. The van der Waals surface area contributed by atoms with Crippen LogP contribution in [0, 0.1) is 5.92 Å². The van der Waals surface area contributed by atoms with Crippen molar-refractivity contribution in [1.82, 2.24) is 20.0 Å². The van der Waals surface area contributed by atoms with Crippen LogP contribution < -0.4 is 15.4 Å². The summed E-state index contributed by atoms with van der Waals surface area (Å²) in [5, 5.41) is 16.0. The molecule has 0 aliphatic rings. The fourth-order valence-electron chi connectivity index (χ4n) is 2.66. The van der Waals surface area contributed by atoms with E-state index in [0.29, 0.717) is 10.4 Å². The lowest BCUT2D eigenvalue weighted by Gasteiger charge is -2.13. The minimum absolute atomic E-state index is 0.108. The number of anilines is 2. The normalized spacial score (nSPS) is 11.3. The minimum Gasteiger partial charge on any atom is -0.480 e. The number of methoxy groups -OCH3 is 1. The van der Waals surface area contributed by atoms with Crippen LogP contribution in [-0.4, -0.2) is 38.9 Å². The number of alkyl halides is 3. The van der Waals surface area contributed by atoms with E-state index in [2.05, 4.69) is 25.9 Å². The molecule has 0 aliphatic carbocycles. The first-order chi connectivity index (χ1) is 15.1. The lowest BCUT2D eigenvalue weighted by Crippen LogP contribution is -2.21. The van der Waals surface area contributed by atoms with Crippen LogP contribution in [0.2, 0.25) is 0 Å². The number of aromatic nitrogens is 4. The molecule has 9 nitrogen and oxygen atoms in total. The van der Waals surface area contributed by atoms with Crippen LogP contribution in [0.15, 0.2) is 42.6 Å². The van der Waals surface area contributed by atoms with Crippen LogP contribution in [0.3, 0.4) is 0 Å². The Morgan fingerprint density at radius 1 is 1.06 bits per heavy atom. The van der Waals surface area contributed by atoms with E-state index in [4.69, 9.17) is 4.74 Å². The number of nitrogens with one attached hydrogen (secondary N) is 2. The van der Waals surface area contributed by atoms with Gasteiger partial charge in [0.1, 0.15) is 0 Å². The van der Waals surface area contributed by atoms with E-state index in [1.807, 2.05) is 0 Å². The third-order valence-electron chi connectivity index (χ3n) is 4.25. The molecule has 0 saturated heterocycles. The predicted octanol–water partition coefficient (Wildman–Crippen LogP) is 3.54. The molecule has 0 bridgehead atoms. The van der Waals surface area contributed by atoms with Gasteiger partial charge in [0.2, 0.25) is 11.8 Å². The summed E-state index contributed by atoms with van der Waals surface area (Å²) in [6.45, 7) is 3.43. The molecular weight excluding hydrogens is 429 g/mol. The zero-order chi connectivity index (χ0) is 23.5. The Balaban J connectivity index is 1.90. The summed E-state index contributed by atoms with van der Waals surface area (Å²) >= 11 is 0. The lowest BCUT2D eigenvalue weighted by atomic mass is 10.2. The molecule has 0 atom stereocenters. The Labute approximate surface area is 180 Å². The molecule has 1 aromatic carbocycles. The first kappa shape index (κ1) is 22.7. The van der Waals surface area contributed by atoms with E-state index in [0.717, 1.165) is 6.20 Å². The van der Waals surface area contributed by atoms with Gasteiger partial charge in [-0.25, -0.2) is 4.68 Å². The number of nitrogens with zero attached hydrogens (tertiary/aromatic N) is 4. The summed E-state index contributed by atoms with van der Waals surface area (Å²) in [6, 6.07) is 8.61. The fourth-order valence-corrected chi connectivity index (χ4v) is 2.66.